The third-order valence-corrected chi connectivity index (χ3v) is 4.83. The summed E-state index contributed by atoms with van der Waals surface area (Å²) in [6.45, 7) is 1.51. The van der Waals surface area contributed by atoms with Crippen LogP contribution in [0.3, 0.4) is 0 Å². The zero-order chi connectivity index (χ0) is 16.5. The molecule has 2 N–H and O–H groups in total. The van der Waals surface area contributed by atoms with Crippen LogP contribution in [0.2, 0.25) is 0 Å². The summed E-state index contributed by atoms with van der Waals surface area (Å²) in [5, 5.41) is 5.11. The Hall–Kier alpha value is -2.79. The molecule has 0 aliphatic carbocycles. The molecule has 0 aliphatic heterocycles. The lowest BCUT2D eigenvalue weighted by molar-refractivity contribution is -0.114. The van der Waals surface area contributed by atoms with E-state index < -0.39 is 0 Å². The van der Waals surface area contributed by atoms with Crippen molar-refractivity contribution in [2.45, 2.75) is 16.7 Å². The van der Waals surface area contributed by atoms with Crippen LogP contribution in [0, 0.1) is 0 Å². The summed E-state index contributed by atoms with van der Waals surface area (Å²) in [5.41, 5.74) is 2.80. The van der Waals surface area contributed by atoms with E-state index in [1.54, 1.807) is 18.0 Å². The molecule has 118 valence electrons. The van der Waals surface area contributed by atoms with E-state index in [4.69, 9.17) is 0 Å². The molecule has 4 aromatic rings. The van der Waals surface area contributed by atoms with Crippen LogP contribution >= 0.6 is 11.8 Å². The molecule has 2 heterocycles. The number of nitrogens with zero attached hydrogens (tertiary/aromatic N) is 1. The monoisotopic (exact) mass is 333 g/mol. The first-order chi connectivity index (χ1) is 11.7. The van der Waals surface area contributed by atoms with E-state index in [9.17, 15) is 4.79 Å². The quantitative estimate of drug-likeness (QED) is 0.565. The van der Waals surface area contributed by atoms with Crippen molar-refractivity contribution in [3.8, 4) is 0 Å². The minimum absolute atomic E-state index is 0.0635. The molecule has 4 nitrogen and oxygen atoms in total. The van der Waals surface area contributed by atoms with E-state index in [2.05, 4.69) is 33.5 Å². The molecule has 2 aromatic carbocycles. The van der Waals surface area contributed by atoms with Crippen LogP contribution in [0.15, 0.2) is 70.6 Å². The molecular formula is C19H15N3OS. The highest BCUT2D eigenvalue weighted by atomic mass is 32.2. The molecule has 0 saturated heterocycles. The standard InChI is InChI=1S/C19H15N3OS/c1-12(23)21-13-7-9-14(10-8-13)24-17-6-2-5-16-18(17)15-4-3-11-20-19(15)22-16/h2-11H,1H3,(H,20,22)(H,21,23). The summed E-state index contributed by atoms with van der Waals surface area (Å²) in [6.07, 6.45) is 1.80. The van der Waals surface area contributed by atoms with Crippen molar-refractivity contribution in [2.24, 2.45) is 0 Å². The van der Waals surface area contributed by atoms with E-state index in [1.165, 1.54) is 17.2 Å². The minimum Gasteiger partial charge on any atom is -0.339 e. The predicted octanol–water partition coefficient (Wildman–Crippen LogP) is 4.83. The maximum Gasteiger partial charge on any atom is 0.221 e. The Kier molecular flexibility index (Phi) is 3.70. The Labute approximate surface area is 143 Å². The van der Waals surface area contributed by atoms with E-state index in [0.717, 1.165) is 27.1 Å². The molecule has 24 heavy (non-hydrogen) atoms. The van der Waals surface area contributed by atoms with Crippen molar-refractivity contribution in [1.29, 1.82) is 0 Å². The Morgan fingerprint density at radius 2 is 1.92 bits per heavy atom. The first-order valence-electron chi connectivity index (χ1n) is 7.61. The van der Waals surface area contributed by atoms with Crippen molar-refractivity contribution in [1.82, 2.24) is 9.97 Å². The molecule has 0 spiro atoms. The SMILES string of the molecule is CC(=O)Nc1ccc(Sc2cccc3[nH]c4ncccc4c23)cc1. The van der Waals surface area contributed by atoms with Gasteiger partial charge in [-0.2, -0.15) is 0 Å². The van der Waals surface area contributed by atoms with Crippen molar-refractivity contribution in [3.05, 3.63) is 60.8 Å². The second kappa shape index (κ2) is 6.02. The zero-order valence-corrected chi connectivity index (χ0v) is 13.9. The molecule has 0 unspecified atom stereocenters. The van der Waals surface area contributed by atoms with E-state index in [0.29, 0.717) is 0 Å². The second-order valence-electron chi connectivity index (χ2n) is 5.51. The van der Waals surface area contributed by atoms with Gasteiger partial charge in [0.2, 0.25) is 5.91 Å². The van der Waals surface area contributed by atoms with Crippen molar-refractivity contribution >= 4 is 45.3 Å². The van der Waals surface area contributed by atoms with Crippen LogP contribution in [0.1, 0.15) is 6.92 Å². The molecule has 0 bridgehead atoms. The van der Waals surface area contributed by atoms with Gasteiger partial charge in [0.1, 0.15) is 5.65 Å². The fraction of sp³-hybridized carbons (Fsp3) is 0.0526. The van der Waals surface area contributed by atoms with Gasteiger partial charge in [0.15, 0.2) is 0 Å². The predicted molar refractivity (Wildman–Crippen MR) is 98.5 cm³/mol. The number of carbonyl (C=O) groups excluding carboxylic acids is 1. The number of pyridine rings is 1. The van der Waals surface area contributed by atoms with Crippen LogP contribution in [0.4, 0.5) is 5.69 Å². The number of aromatic nitrogens is 2. The van der Waals surface area contributed by atoms with Gasteiger partial charge in [0, 0.05) is 44.9 Å². The summed E-state index contributed by atoms with van der Waals surface area (Å²) in [7, 11) is 0. The maximum absolute atomic E-state index is 11.1. The molecule has 1 amide bonds. The lowest BCUT2D eigenvalue weighted by atomic mass is 10.2. The Balaban J connectivity index is 1.73. The van der Waals surface area contributed by atoms with Gasteiger partial charge in [-0.1, -0.05) is 17.8 Å². The number of rotatable bonds is 3. The van der Waals surface area contributed by atoms with Crippen LogP contribution in [-0.4, -0.2) is 15.9 Å². The number of hydrogen-bond donors (Lipinski definition) is 2. The molecule has 0 fully saturated rings. The van der Waals surface area contributed by atoms with Crippen molar-refractivity contribution in [3.63, 3.8) is 0 Å². The van der Waals surface area contributed by atoms with E-state index in [-0.39, 0.29) is 5.91 Å². The van der Waals surface area contributed by atoms with Gasteiger partial charge in [0.25, 0.3) is 0 Å². The Morgan fingerprint density at radius 1 is 1.08 bits per heavy atom. The highest BCUT2D eigenvalue weighted by Gasteiger charge is 2.10. The lowest BCUT2D eigenvalue weighted by Gasteiger charge is -2.06. The Morgan fingerprint density at radius 3 is 2.71 bits per heavy atom. The number of carbonyl (C=O) groups is 1. The molecule has 5 heteroatoms. The first kappa shape index (κ1) is 14.8. The molecule has 2 aromatic heterocycles. The van der Waals surface area contributed by atoms with Gasteiger partial charge in [0.05, 0.1) is 0 Å². The highest BCUT2D eigenvalue weighted by molar-refractivity contribution is 7.99. The van der Waals surface area contributed by atoms with Crippen LogP contribution < -0.4 is 5.32 Å². The number of benzene rings is 2. The fourth-order valence-corrected chi connectivity index (χ4v) is 3.76. The minimum atomic E-state index is -0.0635. The number of fused-ring (bicyclic) bond motifs is 3. The number of anilines is 1. The van der Waals surface area contributed by atoms with Gasteiger partial charge in [-0.3, -0.25) is 4.79 Å². The van der Waals surface area contributed by atoms with Crippen LogP contribution in [-0.2, 0) is 4.79 Å². The van der Waals surface area contributed by atoms with Gasteiger partial charge in [-0.05, 0) is 48.5 Å². The van der Waals surface area contributed by atoms with Crippen LogP contribution in [0.25, 0.3) is 21.9 Å². The van der Waals surface area contributed by atoms with Crippen LogP contribution in [0.5, 0.6) is 0 Å². The van der Waals surface area contributed by atoms with E-state index >= 15 is 0 Å². The average molecular weight is 333 g/mol. The topological polar surface area (TPSA) is 57.8 Å². The number of H-pyrrole nitrogens is 1. The third kappa shape index (κ3) is 2.74. The summed E-state index contributed by atoms with van der Waals surface area (Å²) in [5.74, 6) is -0.0635. The molecule has 0 radical (unpaired) electrons. The van der Waals surface area contributed by atoms with Crippen molar-refractivity contribution < 1.29 is 4.79 Å². The second-order valence-corrected chi connectivity index (χ2v) is 6.63. The van der Waals surface area contributed by atoms with Gasteiger partial charge in [-0.25, -0.2) is 4.98 Å². The first-order valence-corrected chi connectivity index (χ1v) is 8.43. The largest absolute Gasteiger partial charge is 0.339 e. The van der Waals surface area contributed by atoms with Gasteiger partial charge < -0.3 is 10.3 Å². The summed E-state index contributed by atoms with van der Waals surface area (Å²) in [6, 6.07) is 18.1. The maximum atomic E-state index is 11.1. The molecule has 0 aliphatic rings. The lowest BCUT2D eigenvalue weighted by Crippen LogP contribution is -2.05. The van der Waals surface area contributed by atoms with Gasteiger partial charge in [-0.15, -0.1) is 0 Å². The highest BCUT2D eigenvalue weighted by Crippen LogP contribution is 2.37. The van der Waals surface area contributed by atoms with E-state index in [1.807, 2.05) is 36.4 Å². The number of nitrogens with one attached hydrogen (secondary N) is 2. The smallest absolute Gasteiger partial charge is 0.221 e. The summed E-state index contributed by atoms with van der Waals surface area (Å²) < 4.78 is 0. The number of hydrogen-bond acceptors (Lipinski definition) is 3. The molecule has 4 rings (SSSR count). The third-order valence-electron chi connectivity index (χ3n) is 3.76. The normalized spacial score (nSPS) is 11.0. The Bertz CT molecular complexity index is 1040. The number of amides is 1. The molecular weight excluding hydrogens is 318 g/mol. The van der Waals surface area contributed by atoms with Gasteiger partial charge >= 0.3 is 0 Å². The summed E-state index contributed by atoms with van der Waals surface area (Å²) >= 11 is 1.70. The zero-order valence-electron chi connectivity index (χ0n) is 13.0. The molecule has 0 atom stereocenters. The fourth-order valence-electron chi connectivity index (χ4n) is 2.77. The molecule has 0 saturated carbocycles. The average Bonchev–Trinajstić information content (AvgIpc) is 2.96. The summed E-state index contributed by atoms with van der Waals surface area (Å²) in [4.78, 5) is 21.2. The van der Waals surface area contributed by atoms with Crippen molar-refractivity contribution in [2.75, 3.05) is 5.32 Å². The number of aromatic amines is 1.